The third kappa shape index (κ3) is 4.81. The van der Waals surface area contributed by atoms with E-state index in [-0.39, 0.29) is 0 Å². The second-order valence-electron chi connectivity index (χ2n) is 2.62. The van der Waals surface area contributed by atoms with Crippen LogP contribution in [0.25, 0.3) is 0 Å². The minimum atomic E-state index is 1.20. The summed E-state index contributed by atoms with van der Waals surface area (Å²) in [6.45, 7) is 2.03. The van der Waals surface area contributed by atoms with Gasteiger partial charge >= 0.3 is 0 Å². The summed E-state index contributed by atoms with van der Waals surface area (Å²) in [5, 5.41) is 0. The summed E-state index contributed by atoms with van der Waals surface area (Å²) in [5.74, 6) is 0. The van der Waals surface area contributed by atoms with E-state index in [1.165, 1.54) is 5.56 Å². The highest BCUT2D eigenvalue weighted by molar-refractivity contribution is 5.10. The molecule has 13 heavy (non-hydrogen) atoms. The Morgan fingerprint density at radius 1 is 0.846 bits per heavy atom. The van der Waals surface area contributed by atoms with Gasteiger partial charge in [0, 0.05) is 0 Å². The summed E-state index contributed by atoms with van der Waals surface area (Å²) < 4.78 is 0. The van der Waals surface area contributed by atoms with E-state index in [1.54, 1.807) is 0 Å². The molecule has 2 rings (SSSR count). The van der Waals surface area contributed by atoms with Crippen molar-refractivity contribution in [2.24, 2.45) is 0 Å². The molecule has 0 saturated heterocycles. The van der Waals surface area contributed by atoms with Gasteiger partial charge in [-0.15, -0.1) is 0 Å². The van der Waals surface area contributed by atoms with Gasteiger partial charge in [0.15, 0.2) is 0 Å². The Labute approximate surface area is 79.9 Å². The predicted molar refractivity (Wildman–Crippen MR) is 55.3 cm³/mol. The Balaban J connectivity index is 0.000000132. The van der Waals surface area contributed by atoms with Crippen molar-refractivity contribution in [3.8, 4) is 0 Å². The molecule has 0 amide bonds. The Morgan fingerprint density at radius 2 is 1.54 bits per heavy atom. The van der Waals surface area contributed by atoms with Crippen LogP contribution in [0.5, 0.6) is 0 Å². The van der Waals surface area contributed by atoms with Gasteiger partial charge in [-0.3, -0.25) is 0 Å². The zero-order chi connectivity index (χ0) is 9.36. The molecule has 2 radical (unpaired) electrons. The van der Waals surface area contributed by atoms with Gasteiger partial charge in [-0.1, -0.05) is 54.6 Å². The normalized spacial score (nSPS) is 8.38. The highest BCUT2D eigenvalue weighted by Gasteiger charge is 1.73. The number of hydrogen-bond donors (Lipinski definition) is 0. The SMILES string of the molecule is Cc1[c]cccc1.[c]1ccccc1. The lowest BCUT2D eigenvalue weighted by Crippen LogP contribution is -1.63. The number of benzene rings is 2. The molecular weight excluding hydrogens is 156 g/mol. The minimum Gasteiger partial charge on any atom is -0.0622 e. The van der Waals surface area contributed by atoms with Crippen molar-refractivity contribution in [3.63, 3.8) is 0 Å². The van der Waals surface area contributed by atoms with Crippen LogP contribution in [0.4, 0.5) is 0 Å². The smallest absolute Gasteiger partial charge is 0.0152 e. The molecular formula is C13H12. The lowest BCUT2D eigenvalue weighted by Gasteiger charge is -1.81. The predicted octanol–water partition coefficient (Wildman–Crippen LogP) is 3.28. The van der Waals surface area contributed by atoms with Crippen LogP contribution < -0.4 is 0 Å². The van der Waals surface area contributed by atoms with Gasteiger partial charge in [-0.25, -0.2) is 0 Å². The Kier molecular flexibility index (Phi) is 4.41. The van der Waals surface area contributed by atoms with Crippen LogP contribution in [0.2, 0.25) is 0 Å². The van der Waals surface area contributed by atoms with Crippen molar-refractivity contribution in [1.82, 2.24) is 0 Å². The van der Waals surface area contributed by atoms with E-state index in [0.717, 1.165) is 0 Å². The molecule has 0 N–H and O–H groups in total. The highest BCUT2D eigenvalue weighted by atomic mass is 13.8. The molecule has 0 heterocycles. The topological polar surface area (TPSA) is 0 Å². The van der Waals surface area contributed by atoms with Crippen molar-refractivity contribution in [1.29, 1.82) is 0 Å². The molecule has 0 saturated carbocycles. The van der Waals surface area contributed by atoms with Crippen molar-refractivity contribution in [2.75, 3.05) is 0 Å². The molecule has 0 aliphatic heterocycles. The van der Waals surface area contributed by atoms with Crippen LogP contribution >= 0.6 is 0 Å². The van der Waals surface area contributed by atoms with E-state index in [1.807, 2.05) is 61.5 Å². The summed E-state index contributed by atoms with van der Waals surface area (Å²) in [6, 6.07) is 23.4. The van der Waals surface area contributed by atoms with E-state index in [2.05, 4.69) is 12.1 Å². The van der Waals surface area contributed by atoms with Gasteiger partial charge in [0.2, 0.25) is 0 Å². The molecule has 2 aromatic carbocycles. The van der Waals surface area contributed by atoms with E-state index >= 15 is 0 Å². The largest absolute Gasteiger partial charge is 0.0622 e. The van der Waals surface area contributed by atoms with Gasteiger partial charge in [0.1, 0.15) is 0 Å². The standard InChI is InChI=1S/C7H7.C6H5/c1-7-5-3-2-4-6-7;1-2-4-6-5-3-1/h2-5H,1H3;1-5H. The first kappa shape index (κ1) is 9.53. The fourth-order valence-corrected chi connectivity index (χ4v) is 0.825. The fourth-order valence-electron chi connectivity index (χ4n) is 0.825. The zero-order valence-corrected chi connectivity index (χ0v) is 7.70. The quantitative estimate of drug-likeness (QED) is 0.566. The Morgan fingerprint density at radius 3 is 1.77 bits per heavy atom. The molecule has 0 aliphatic carbocycles. The van der Waals surface area contributed by atoms with Gasteiger partial charge in [-0.05, 0) is 24.6 Å². The average Bonchev–Trinajstić information content (AvgIpc) is 2.22. The second kappa shape index (κ2) is 6.01. The van der Waals surface area contributed by atoms with Crippen LogP contribution in [0.15, 0.2) is 54.6 Å². The van der Waals surface area contributed by atoms with Crippen molar-refractivity contribution in [2.45, 2.75) is 6.92 Å². The fraction of sp³-hybridized carbons (Fsp3) is 0.0769. The van der Waals surface area contributed by atoms with Gasteiger partial charge in [0.25, 0.3) is 0 Å². The molecule has 0 heteroatoms. The molecule has 0 unspecified atom stereocenters. The molecule has 0 nitrogen and oxygen atoms in total. The first-order valence-electron chi connectivity index (χ1n) is 4.24. The average molecular weight is 168 g/mol. The number of hydrogen-bond acceptors (Lipinski definition) is 0. The summed E-state index contributed by atoms with van der Waals surface area (Å²) in [6.07, 6.45) is 0. The molecule has 0 aliphatic rings. The maximum atomic E-state index is 3.03. The maximum Gasteiger partial charge on any atom is -0.0152 e. The maximum absolute atomic E-state index is 3.03. The molecule has 0 aromatic heterocycles. The molecule has 0 fully saturated rings. The summed E-state index contributed by atoms with van der Waals surface area (Å²) >= 11 is 0. The summed E-state index contributed by atoms with van der Waals surface area (Å²) in [4.78, 5) is 0. The molecule has 0 spiro atoms. The monoisotopic (exact) mass is 168 g/mol. The van der Waals surface area contributed by atoms with Gasteiger partial charge < -0.3 is 0 Å². The first-order chi connectivity index (χ1) is 6.39. The van der Waals surface area contributed by atoms with Crippen LogP contribution in [0.1, 0.15) is 5.56 Å². The third-order valence-electron chi connectivity index (χ3n) is 1.47. The Hall–Kier alpha value is -1.56. The number of rotatable bonds is 0. The van der Waals surface area contributed by atoms with Crippen molar-refractivity contribution < 1.29 is 0 Å². The summed E-state index contributed by atoms with van der Waals surface area (Å²) in [5.41, 5.74) is 1.20. The highest BCUT2D eigenvalue weighted by Crippen LogP contribution is 1.90. The molecule has 0 atom stereocenters. The van der Waals surface area contributed by atoms with Gasteiger partial charge in [0.05, 0.1) is 0 Å². The first-order valence-corrected chi connectivity index (χ1v) is 4.24. The summed E-state index contributed by atoms with van der Waals surface area (Å²) in [7, 11) is 0. The van der Waals surface area contributed by atoms with Crippen molar-refractivity contribution in [3.05, 3.63) is 72.3 Å². The van der Waals surface area contributed by atoms with E-state index in [0.29, 0.717) is 0 Å². The second-order valence-corrected chi connectivity index (χ2v) is 2.62. The number of aryl methyl sites for hydroxylation is 1. The van der Waals surface area contributed by atoms with Crippen LogP contribution in [0.3, 0.4) is 0 Å². The van der Waals surface area contributed by atoms with Crippen LogP contribution in [-0.4, -0.2) is 0 Å². The zero-order valence-electron chi connectivity index (χ0n) is 7.70. The lowest BCUT2D eigenvalue weighted by molar-refractivity contribution is 1.46. The molecule has 0 bridgehead atoms. The molecule has 64 valence electrons. The van der Waals surface area contributed by atoms with E-state index in [4.69, 9.17) is 0 Å². The lowest BCUT2D eigenvalue weighted by atomic mass is 10.2. The molecule has 2 aromatic rings. The minimum absolute atomic E-state index is 1.20. The van der Waals surface area contributed by atoms with Crippen LogP contribution in [-0.2, 0) is 0 Å². The van der Waals surface area contributed by atoms with Crippen molar-refractivity contribution >= 4 is 0 Å². The third-order valence-corrected chi connectivity index (χ3v) is 1.47. The van der Waals surface area contributed by atoms with E-state index in [9.17, 15) is 0 Å². The van der Waals surface area contributed by atoms with Gasteiger partial charge in [-0.2, -0.15) is 0 Å². The van der Waals surface area contributed by atoms with E-state index < -0.39 is 0 Å². The van der Waals surface area contributed by atoms with Crippen LogP contribution in [0, 0.1) is 19.1 Å². The Bertz CT molecular complexity index is 271.